The van der Waals surface area contributed by atoms with E-state index in [1.807, 2.05) is 39.8 Å². The van der Waals surface area contributed by atoms with E-state index in [1.54, 1.807) is 43.6 Å². The fraction of sp³-hybridized carbons (Fsp3) is 0.310. The van der Waals surface area contributed by atoms with Crippen molar-refractivity contribution in [3.8, 4) is 22.6 Å². The Labute approximate surface area is 225 Å². The van der Waals surface area contributed by atoms with Gasteiger partial charge >= 0.3 is 0 Å². The Hall–Kier alpha value is -3.59. The summed E-state index contributed by atoms with van der Waals surface area (Å²) in [6, 6.07) is 12.1. The second-order valence-electron chi connectivity index (χ2n) is 10.8. The number of pyridine rings is 1. The molecule has 0 spiro atoms. The Bertz CT molecular complexity index is 1570. The fourth-order valence-corrected chi connectivity index (χ4v) is 4.45. The highest BCUT2D eigenvalue weighted by atomic mass is 35.5. The number of halogens is 1. The van der Waals surface area contributed by atoms with E-state index in [2.05, 4.69) is 10.3 Å². The van der Waals surface area contributed by atoms with E-state index in [9.17, 15) is 19.8 Å². The van der Waals surface area contributed by atoms with Gasteiger partial charge in [0.05, 0.1) is 11.6 Å². The highest BCUT2D eigenvalue weighted by Crippen LogP contribution is 2.41. The summed E-state index contributed by atoms with van der Waals surface area (Å²) in [6.45, 7) is 8.50. The van der Waals surface area contributed by atoms with Crippen molar-refractivity contribution < 1.29 is 19.7 Å². The van der Waals surface area contributed by atoms with E-state index in [0.717, 1.165) is 5.56 Å². The first-order valence-corrected chi connectivity index (χ1v) is 12.6. The van der Waals surface area contributed by atoms with Crippen LogP contribution in [0.15, 0.2) is 53.5 Å². The summed E-state index contributed by atoms with van der Waals surface area (Å²) in [5.41, 5.74) is 0.585. The molecule has 1 atom stereocenters. The van der Waals surface area contributed by atoms with E-state index in [-0.39, 0.29) is 22.7 Å². The second kappa shape index (κ2) is 9.94. The molecule has 4 rings (SSSR count). The number of rotatable bonds is 6. The van der Waals surface area contributed by atoms with E-state index < -0.39 is 17.7 Å². The lowest BCUT2D eigenvalue weighted by molar-refractivity contribution is -0.00226. The summed E-state index contributed by atoms with van der Waals surface area (Å²) < 4.78 is 7.73. The first kappa shape index (κ1) is 27.4. The molecule has 200 valence electrons. The normalized spacial score (nSPS) is 13.4. The molecule has 0 aliphatic heterocycles. The Morgan fingerprint density at radius 2 is 1.84 bits per heavy atom. The maximum Gasteiger partial charge on any atom is 0.274 e. The van der Waals surface area contributed by atoms with Crippen molar-refractivity contribution in [3.63, 3.8) is 0 Å². The molecule has 0 radical (unpaired) electrons. The molecule has 4 N–H and O–H groups in total. The van der Waals surface area contributed by atoms with Crippen LogP contribution < -0.4 is 15.6 Å². The minimum Gasteiger partial charge on any atom is -0.455 e. The standard InChI is InChI=1S/C29H32ClN3O5/c1-16-8-7-9-21(30)25(16)38-23-11-10-17(29(5,37)15-34)12-18(23)20-14-33(6)27(36)24-19(20)13-22(31-24)26(35)32-28(2,3)4/h7-14,31,34,37H,15H2,1-6H3,(H,32,35). The van der Waals surface area contributed by atoms with E-state index in [4.69, 9.17) is 16.3 Å². The van der Waals surface area contributed by atoms with Crippen LogP contribution >= 0.6 is 11.6 Å². The van der Waals surface area contributed by atoms with Gasteiger partial charge in [-0.25, -0.2) is 0 Å². The maximum absolute atomic E-state index is 13.0. The Balaban J connectivity index is 1.99. The Morgan fingerprint density at radius 1 is 1.13 bits per heavy atom. The van der Waals surface area contributed by atoms with Gasteiger partial charge in [0, 0.05) is 35.3 Å². The number of hydrogen-bond acceptors (Lipinski definition) is 5. The van der Waals surface area contributed by atoms with Crippen molar-refractivity contribution in [2.45, 2.75) is 45.8 Å². The van der Waals surface area contributed by atoms with Crippen LogP contribution in [-0.4, -0.2) is 37.8 Å². The largest absolute Gasteiger partial charge is 0.455 e. The Morgan fingerprint density at radius 3 is 2.47 bits per heavy atom. The van der Waals surface area contributed by atoms with Crippen LogP contribution in [0.1, 0.15) is 49.3 Å². The molecule has 9 heteroatoms. The minimum absolute atomic E-state index is 0.238. The second-order valence-corrected chi connectivity index (χ2v) is 11.2. The summed E-state index contributed by atoms with van der Waals surface area (Å²) in [5, 5.41) is 24.4. The zero-order valence-electron chi connectivity index (χ0n) is 22.3. The minimum atomic E-state index is -1.52. The number of H-pyrrole nitrogens is 1. The third-order valence-electron chi connectivity index (χ3n) is 6.27. The van der Waals surface area contributed by atoms with Crippen LogP contribution in [-0.2, 0) is 12.6 Å². The van der Waals surface area contributed by atoms with E-state index >= 15 is 0 Å². The van der Waals surface area contributed by atoms with Gasteiger partial charge in [0.15, 0.2) is 0 Å². The number of aryl methyl sites for hydroxylation is 2. The van der Waals surface area contributed by atoms with Crippen LogP contribution in [0.3, 0.4) is 0 Å². The quantitative estimate of drug-likeness (QED) is 0.276. The first-order chi connectivity index (χ1) is 17.7. The lowest BCUT2D eigenvalue weighted by Gasteiger charge is -2.23. The number of hydrogen-bond donors (Lipinski definition) is 4. The van der Waals surface area contributed by atoms with E-state index in [1.165, 1.54) is 11.5 Å². The topological polar surface area (TPSA) is 117 Å². The number of para-hydroxylation sites is 1. The molecule has 0 saturated heterocycles. The fourth-order valence-electron chi connectivity index (χ4n) is 4.19. The maximum atomic E-state index is 13.0. The summed E-state index contributed by atoms with van der Waals surface area (Å²) in [7, 11) is 1.62. The first-order valence-electron chi connectivity index (χ1n) is 12.2. The third-order valence-corrected chi connectivity index (χ3v) is 6.57. The summed E-state index contributed by atoms with van der Waals surface area (Å²) in [5.74, 6) is 0.542. The zero-order valence-corrected chi connectivity index (χ0v) is 23.0. The molecule has 1 amide bonds. The number of carbonyl (C=O) groups is 1. The molecular weight excluding hydrogens is 506 g/mol. The highest BCUT2D eigenvalue weighted by Gasteiger charge is 2.26. The smallest absolute Gasteiger partial charge is 0.274 e. The summed E-state index contributed by atoms with van der Waals surface area (Å²) in [6.07, 6.45) is 1.66. The van der Waals surface area contributed by atoms with Crippen molar-refractivity contribution >= 4 is 28.4 Å². The lowest BCUT2D eigenvalue weighted by atomic mass is 9.92. The monoisotopic (exact) mass is 537 g/mol. The van der Waals surface area contributed by atoms with Crippen molar-refractivity contribution in [2.24, 2.45) is 7.05 Å². The van der Waals surface area contributed by atoms with Gasteiger partial charge in [-0.3, -0.25) is 9.59 Å². The molecular formula is C29H32ClN3O5. The molecule has 0 aliphatic rings. The van der Waals surface area contributed by atoms with Gasteiger partial charge in [-0.15, -0.1) is 0 Å². The number of aliphatic hydroxyl groups is 2. The molecule has 8 nitrogen and oxygen atoms in total. The molecule has 0 fully saturated rings. The van der Waals surface area contributed by atoms with Crippen molar-refractivity contribution in [1.82, 2.24) is 14.9 Å². The molecule has 2 aromatic heterocycles. The predicted octanol–water partition coefficient (Wildman–Crippen LogP) is 5.02. The van der Waals surface area contributed by atoms with Gasteiger partial charge in [0.25, 0.3) is 11.5 Å². The van der Waals surface area contributed by atoms with Crippen LogP contribution in [0, 0.1) is 6.92 Å². The number of nitrogens with zero attached hydrogens (tertiary/aromatic N) is 1. The molecule has 1 unspecified atom stereocenters. The molecule has 4 aromatic rings. The number of aliphatic hydroxyl groups excluding tert-OH is 1. The number of benzene rings is 2. The number of carbonyl (C=O) groups excluding carboxylic acids is 1. The van der Waals surface area contributed by atoms with Crippen LogP contribution in [0.2, 0.25) is 5.02 Å². The summed E-state index contributed by atoms with van der Waals surface area (Å²) in [4.78, 5) is 29.0. The number of amides is 1. The third kappa shape index (κ3) is 5.34. The highest BCUT2D eigenvalue weighted by molar-refractivity contribution is 6.32. The zero-order chi connectivity index (χ0) is 28.0. The average molecular weight is 538 g/mol. The number of aromatic amines is 1. The Kier molecular flexibility index (Phi) is 7.18. The van der Waals surface area contributed by atoms with Crippen molar-refractivity contribution in [1.29, 1.82) is 0 Å². The molecule has 2 heterocycles. The van der Waals surface area contributed by atoms with Gasteiger partial charge in [-0.2, -0.15) is 0 Å². The molecule has 0 bridgehead atoms. The van der Waals surface area contributed by atoms with Crippen LogP contribution in [0.4, 0.5) is 0 Å². The summed E-state index contributed by atoms with van der Waals surface area (Å²) >= 11 is 6.44. The van der Waals surface area contributed by atoms with Gasteiger partial charge in [0.1, 0.15) is 28.3 Å². The van der Waals surface area contributed by atoms with E-state index in [0.29, 0.717) is 38.6 Å². The molecule has 2 aromatic carbocycles. The molecule has 38 heavy (non-hydrogen) atoms. The SMILES string of the molecule is Cc1cccc(Cl)c1Oc1ccc(C(C)(O)CO)cc1-c1cn(C)c(=O)c2[nH]c(C(=O)NC(C)(C)C)cc12. The number of fused-ring (bicyclic) bond motifs is 1. The lowest BCUT2D eigenvalue weighted by Crippen LogP contribution is -2.40. The van der Waals surface area contributed by atoms with Gasteiger partial charge < -0.3 is 29.8 Å². The van der Waals surface area contributed by atoms with Gasteiger partial charge in [-0.05, 0) is 70.0 Å². The van der Waals surface area contributed by atoms with Crippen LogP contribution in [0.5, 0.6) is 11.5 Å². The average Bonchev–Trinajstić information content (AvgIpc) is 3.29. The number of aromatic nitrogens is 2. The van der Waals surface area contributed by atoms with Crippen LogP contribution in [0.25, 0.3) is 22.0 Å². The van der Waals surface area contributed by atoms with Crippen molar-refractivity contribution in [3.05, 3.63) is 80.9 Å². The number of nitrogens with one attached hydrogen (secondary N) is 2. The molecule has 0 aliphatic carbocycles. The van der Waals surface area contributed by atoms with Crippen molar-refractivity contribution in [2.75, 3.05) is 6.61 Å². The van der Waals surface area contributed by atoms with Gasteiger partial charge in [-0.1, -0.05) is 29.8 Å². The predicted molar refractivity (Wildman–Crippen MR) is 149 cm³/mol. The molecule has 0 saturated carbocycles. The number of ether oxygens (including phenoxy) is 1. The van der Waals surface area contributed by atoms with Gasteiger partial charge in [0.2, 0.25) is 0 Å².